The number of carbonyl (C=O) groups is 2. The number of rotatable bonds is 7. The summed E-state index contributed by atoms with van der Waals surface area (Å²) < 4.78 is 19.8. The zero-order chi connectivity index (χ0) is 22.4. The third-order valence-corrected chi connectivity index (χ3v) is 4.37. The molecule has 0 bridgehead atoms. The molecule has 1 aromatic heterocycles. The van der Waals surface area contributed by atoms with Gasteiger partial charge >= 0.3 is 0 Å². The van der Waals surface area contributed by atoms with Gasteiger partial charge in [0, 0.05) is 24.5 Å². The molecule has 8 nitrogen and oxygen atoms in total. The molecule has 3 rings (SSSR count). The summed E-state index contributed by atoms with van der Waals surface area (Å²) in [5.74, 6) is -0.764. The van der Waals surface area contributed by atoms with Gasteiger partial charge < -0.3 is 15.4 Å². The van der Waals surface area contributed by atoms with Crippen LogP contribution in [0.4, 0.5) is 10.1 Å². The van der Waals surface area contributed by atoms with Crippen molar-refractivity contribution in [2.24, 2.45) is 0 Å². The normalized spacial score (nSPS) is 10.4. The van der Waals surface area contributed by atoms with Crippen molar-refractivity contribution in [1.29, 1.82) is 0 Å². The molecule has 2 aromatic carbocycles. The minimum Gasteiger partial charge on any atom is -0.494 e. The Labute approximate surface area is 177 Å². The summed E-state index contributed by atoms with van der Waals surface area (Å²) in [6.45, 7) is 2.00. The largest absolute Gasteiger partial charge is 0.494 e. The number of halogens is 1. The minimum absolute atomic E-state index is 0.138. The number of anilines is 1. The van der Waals surface area contributed by atoms with Gasteiger partial charge in [-0.3, -0.25) is 19.0 Å². The van der Waals surface area contributed by atoms with Crippen molar-refractivity contribution in [3.05, 3.63) is 76.5 Å². The molecule has 1 heterocycles. The molecule has 2 amide bonds. The topological polar surface area (TPSA) is 102 Å². The molecule has 0 spiro atoms. The summed E-state index contributed by atoms with van der Waals surface area (Å²) in [5.41, 5.74) is 0.0498. The highest BCUT2D eigenvalue weighted by Gasteiger charge is 2.18. The van der Waals surface area contributed by atoms with Crippen LogP contribution in [-0.2, 0) is 11.3 Å². The number of hydrogen-bond donors (Lipinski definition) is 2. The molecule has 0 aliphatic carbocycles. The van der Waals surface area contributed by atoms with Gasteiger partial charge in [0.25, 0.3) is 11.5 Å². The minimum atomic E-state index is -0.685. The first kappa shape index (κ1) is 21.7. The average molecular weight is 424 g/mol. The van der Waals surface area contributed by atoms with Gasteiger partial charge in [0.05, 0.1) is 6.61 Å². The van der Waals surface area contributed by atoms with Crippen LogP contribution in [0, 0.1) is 5.82 Å². The Morgan fingerprint density at radius 3 is 2.39 bits per heavy atom. The molecule has 160 valence electrons. The van der Waals surface area contributed by atoms with Gasteiger partial charge in [0.15, 0.2) is 0 Å². The lowest BCUT2D eigenvalue weighted by Crippen LogP contribution is -2.35. The molecule has 0 aliphatic heterocycles. The van der Waals surface area contributed by atoms with Crippen molar-refractivity contribution >= 4 is 17.5 Å². The van der Waals surface area contributed by atoms with Gasteiger partial charge in [-0.25, -0.2) is 9.37 Å². The number of nitrogens with zero attached hydrogens (tertiary/aromatic N) is 2. The lowest BCUT2D eigenvalue weighted by molar-refractivity contribution is -0.116. The van der Waals surface area contributed by atoms with Crippen LogP contribution in [0.15, 0.2) is 59.5 Å². The van der Waals surface area contributed by atoms with Crippen LogP contribution in [0.3, 0.4) is 0 Å². The number of hydrogen-bond acceptors (Lipinski definition) is 5. The van der Waals surface area contributed by atoms with Crippen molar-refractivity contribution < 1.29 is 18.7 Å². The molecule has 31 heavy (non-hydrogen) atoms. The quantitative estimate of drug-likeness (QED) is 0.607. The highest BCUT2D eigenvalue weighted by Crippen LogP contribution is 2.18. The summed E-state index contributed by atoms with van der Waals surface area (Å²) >= 11 is 0. The standard InChI is InChI=1S/C22H21FN4O4/c1-3-31-17-10-8-16(9-11-17)26-19(28)13-27-20(14-4-6-15(23)7-5-14)25-12-18(22(27)30)21(29)24-2/h4-12H,3,13H2,1-2H3,(H,24,29)(H,26,28). The highest BCUT2D eigenvalue weighted by molar-refractivity contribution is 5.94. The molecule has 0 radical (unpaired) electrons. The summed E-state index contributed by atoms with van der Waals surface area (Å²) in [5, 5.41) is 5.07. The Morgan fingerprint density at radius 2 is 1.77 bits per heavy atom. The molecular formula is C22H21FN4O4. The van der Waals surface area contributed by atoms with E-state index in [2.05, 4.69) is 15.6 Å². The smallest absolute Gasteiger partial charge is 0.267 e. The second-order valence-electron chi connectivity index (χ2n) is 6.48. The first-order valence-corrected chi connectivity index (χ1v) is 9.53. The summed E-state index contributed by atoms with van der Waals surface area (Å²) in [6, 6.07) is 12.1. The van der Waals surface area contributed by atoms with Crippen LogP contribution < -0.4 is 20.9 Å². The summed E-state index contributed by atoms with van der Waals surface area (Å²) in [7, 11) is 1.39. The Hall–Kier alpha value is -4.01. The van der Waals surface area contributed by atoms with Gasteiger partial charge in [-0.15, -0.1) is 0 Å². The molecule has 0 fully saturated rings. The molecule has 3 aromatic rings. The monoisotopic (exact) mass is 424 g/mol. The Morgan fingerprint density at radius 1 is 1.10 bits per heavy atom. The third kappa shape index (κ3) is 5.13. The van der Waals surface area contributed by atoms with E-state index >= 15 is 0 Å². The zero-order valence-electron chi connectivity index (χ0n) is 17.0. The first-order chi connectivity index (χ1) is 14.9. The second-order valence-corrected chi connectivity index (χ2v) is 6.48. The lowest BCUT2D eigenvalue weighted by atomic mass is 10.2. The van der Waals surface area contributed by atoms with Crippen molar-refractivity contribution in [3.8, 4) is 17.1 Å². The lowest BCUT2D eigenvalue weighted by Gasteiger charge is -2.14. The van der Waals surface area contributed by atoms with E-state index < -0.39 is 29.7 Å². The number of benzene rings is 2. The van der Waals surface area contributed by atoms with Crippen molar-refractivity contribution in [1.82, 2.24) is 14.9 Å². The molecule has 2 N–H and O–H groups in total. The second kappa shape index (κ2) is 9.66. The van der Waals surface area contributed by atoms with E-state index in [-0.39, 0.29) is 11.4 Å². The van der Waals surface area contributed by atoms with Crippen LogP contribution in [0.25, 0.3) is 11.4 Å². The third-order valence-electron chi connectivity index (χ3n) is 4.37. The fourth-order valence-electron chi connectivity index (χ4n) is 2.90. The van der Waals surface area contributed by atoms with Gasteiger partial charge in [-0.1, -0.05) is 0 Å². The van der Waals surface area contributed by atoms with E-state index in [1.165, 1.54) is 31.3 Å². The molecule has 0 saturated heterocycles. The van der Waals surface area contributed by atoms with Gasteiger partial charge in [-0.05, 0) is 55.5 Å². The van der Waals surface area contributed by atoms with Gasteiger partial charge in [0.1, 0.15) is 29.5 Å². The predicted octanol–water partition coefficient (Wildman–Crippen LogP) is 2.45. The van der Waals surface area contributed by atoms with Crippen LogP contribution in [0.2, 0.25) is 0 Å². The molecule has 0 atom stereocenters. The zero-order valence-corrected chi connectivity index (χ0v) is 17.0. The fourth-order valence-corrected chi connectivity index (χ4v) is 2.90. The number of aromatic nitrogens is 2. The van der Waals surface area contributed by atoms with Gasteiger partial charge in [0.2, 0.25) is 5.91 Å². The Kier molecular flexibility index (Phi) is 6.76. The van der Waals surface area contributed by atoms with Crippen molar-refractivity contribution in [3.63, 3.8) is 0 Å². The van der Waals surface area contributed by atoms with E-state index in [1.807, 2.05) is 6.92 Å². The van der Waals surface area contributed by atoms with Crippen LogP contribution in [0.1, 0.15) is 17.3 Å². The van der Waals surface area contributed by atoms with E-state index in [0.29, 0.717) is 23.6 Å². The maximum absolute atomic E-state index is 13.3. The van der Waals surface area contributed by atoms with Crippen LogP contribution >= 0.6 is 0 Å². The van der Waals surface area contributed by atoms with E-state index in [9.17, 15) is 18.8 Å². The predicted molar refractivity (Wildman–Crippen MR) is 114 cm³/mol. The maximum atomic E-state index is 13.3. The number of carbonyl (C=O) groups excluding carboxylic acids is 2. The molecule has 0 aliphatic rings. The van der Waals surface area contributed by atoms with Crippen LogP contribution in [-0.4, -0.2) is 35.0 Å². The van der Waals surface area contributed by atoms with E-state index in [1.54, 1.807) is 24.3 Å². The SMILES string of the molecule is CCOc1ccc(NC(=O)Cn2c(-c3ccc(F)cc3)ncc(C(=O)NC)c2=O)cc1. The van der Waals surface area contributed by atoms with Crippen molar-refractivity contribution in [2.45, 2.75) is 13.5 Å². The number of ether oxygens (including phenoxy) is 1. The maximum Gasteiger partial charge on any atom is 0.267 e. The molecule has 0 unspecified atom stereocenters. The van der Waals surface area contributed by atoms with Crippen LogP contribution in [0.5, 0.6) is 5.75 Å². The summed E-state index contributed by atoms with van der Waals surface area (Å²) in [6.07, 6.45) is 1.14. The Balaban J connectivity index is 1.93. The summed E-state index contributed by atoms with van der Waals surface area (Å²) in [4.78, 5) is 41.8. The first-order valence-electron chi connectivity index (χ1n) is 9.53. The van der Waals surface area contributed by atoms with Gasteiger partial charge in [-0.2, -0.15) is 0 Å². The molecule has 0 saturated carbocycles. The molecule has 9 heteroatoms. The fraction of sp³-hybridized carbons (Fsp3) is 0.182. The number of nitrogens with one attached hydrogen (secondary N) is 2. The molecular weight excluding hydrogens is 403 g/mol. The van der Waals surface area contributed by atoms with E-state index in [0.717, 1.165) is 10.8 Å². The Bertz CT molecular complexity index is 1140. The average Bonchev–Trinajstić information content (AvgIpc) is 2.77. The highest BCUT2D eigenvalue weighted by atomic mass is 19.1. The van der Waals surface area contributed by atoms with E-state index in [4.69, 9.17) is 4.74 Å². The van der Waals surface area contributed by atoms with Crippen molar-refractivity contribution in [2.75, 3.05) is 19.0 Å². The number of amides is 2.